The van der Waals surface area contributed by atoms with Crippen LogP contribution in [0.3, 0.4) is 0 Å². The number of piperazine rings is 1. The Hall–Kier alpha value is -0.790. The van der Waals surface area contributed by atoms with Crippen LogP contribution in [0.5, 0.6) is 0 Å². The second-order valence-electron chi connectivity index (χ2n) is 4.97. The summed E-state index contributed by atoms with van der Waals surface area (Å²) in [6.45, 7) is 8.39. The number of hydrogen-bond acceptors (Lipinski definition) is 3. The molecule has 1 N–H and O–H groups in total. The fourth-order valence-electron chi connectivity index (χ4n) is 2.85. The van der Waals surface area contributed by atoms with Crippen LogP contribution in [0, 0.1) is 25.2 Å². The van der Waals surface area contributed by atoms with Crippen LogP contribution in [-0.2, 0) is 0 Å². The number of nitrogens with one attached hydrogen (secondary N) is 1. The Kier molecular flexibility index (Phi) is 8.84. The smallest absolute Gasteiger partial charge is 0.0641 e. The van der Waals surface area contributed by atoms with Crippen LogP contribution in [-0.4, -0.2) is 31.1 Å². The van der Waals surface area contributed by atoms with Gasteiger partial charge in [0.05, 0.1) is 12.5 Å². The summed E-state index contributed by atoms with van der Waals surface area (Å²) >= 11 is 0. The maximum Gasteiger partial charge on any atom is 0.0641 e. The Morgan fingerprint density at radius 3 is 2.25 bits per heavy atom. The zero-order valence-corrected chi connectivity index (χ0v) is 13.7. The molecule has 1 aliphatic heterocycles. The first-order valence-electron chi connectivity index (χ1n) is 6.62. The molecule has 112 valence electrons. The standard InChI is InChI=1S/C15H21N3.2ClH/c1-12-4-3-5-13(2)15(12)14(6-7-16)18-10-8-17-9-11-18;;/h3-5,14,17H,6,8-11H2,1-2H3;2*1H/t14-;;/m1../s1. The molecule has 0 aliphatic carbocycles. The molecular formula is C15H23Cl2N3. The first-order chi connectivity index (χ1) is 8.74. The maximum atomic E-state index is 9.12. The Morgan fingerprint density at radius 2 is 1.75 bits per heavy atom. The molecule has 1 aromatic carbocycles. The molecule has 5 heteroatoms. The van der Waals surface area contributed by atoms with Gasteiger partial charge in [-0.15, -0.1) is 24.8 Å². The van der Waals surface area contributed by atoms with Gasteiger partial charge in [0.15, 0.2) is 0 Å². The zero-order chi connectivity index (χ0) is 13.0. The van der Waals surface area contributed by atoms with E-state index in [2.05, 4.69) is 48.3 Å². The summed E-state index contributed by atoms with van der Waals surface area (Å²) in [7, 11) is 0. The van der Waals surface area contributed by atoms with E-state index in [0.717, 1.165) is 26.2 Å². The largest absolute Gasteiger partial charge is 0.314 e. The van der Waals surface area contributed by atoms with E-state index in [4.69, 9.17) is 5.26 Å². The second kappa shape index (κ2) is 9.20. The average molecular weight is 316 g/mol. The number of nitrogens with zero attached hydrogens (tertiary/aromatic N) is 2. The van der Waals surface area contributed by atoms with Gasteiger partial charge in [0.2, 0.25) is 0 Å². The number of benzene rings is 1. The van der Waals surface area contributed by atoms with E-state index in [-0.39, 0.29) is 30.9 Å². The van der Waals surface area contributed by atoms with Crippen LogP contribution in [0.15, 0.2) is 18.2 Å². The van der Waals surface area contributed by atoms with Gasteiger partial charge < -0.3 is 5.32 Å². The van der Waals surface area contributed by atoms with Crippen molar-refractivity contribution in [3.05, 3.63) is 34.9 Å². The van der Waals surface area contributed by atoms with Crippen molar-refractivity contribution in [1.29, 1.82) is 5.26 Å². The van der Waals surface area contributed by atoms with Gasteiger partial charge in [0, 0.05) is 32.2 Å². The first-order valence-corrected chi connectivity index (χ1v) is 6.62. The average Bonchev–Trinajstić information content (AvgIpc) is 2.38. The van der Waals surface area contributed by atoms with E-state index >= 15 is 0 Å². The lowest BCUT2D eigenvalue weighted by Gasteiger charge is -2.35. The monoisotopic (exact) mass is 315 g/mol. The van der Waals surface area contributed by atoms with Crippen molar-refractivity contribution >= 4 is 24.8 Å². The second-order valence-corrected chi connectivity index (χ2v) is 4.97. The summed E-state index contributed by atoms with van der Waals surface area (Å²) in [6, 6.07) is 8.99. The highest BCUT2D eigenvalue weighted by atomic mass is 35.5. The third-order valence-electron chi connectivity index (χ3n) is 3.75. The highest BCUT2D eigenvalue weighted by molar-refractivity contribution is 5.85. The molecule has 0 amide bonds. The van der Waals surface area contributed by atoms with Crippen molar-refractivity contribution in [2.75, 3.05) is 26.2 Å². The van der Waals surface area contributed by atoms with Crippen molar-refractivity contribution in [1.82, 2.24) is 10.2 Å². The van der Waals surface area contributed by atoms with Gasteiger partial charge in [-0.2, -0.15) is 5.26 Å². The maximum absolute atomic E-state index is 9.12. The molecule has 1 fully saturated rings. The zero-order valence-electron chi connectivity index (χ0n) is 12.1. The lowest BCUT2D eigenvalue weighted by Crippen LogP contribution is -2.45. The lowest BCUT2D eigenvalue weighted by atomic mass is 9.93. The fourth-order valence-corrected chi connectivity index (χ4v) is 2.85. The van der Waals surface area contributed by atoms with E-state index in [1.807, 2.05) is 0 Å². The normalized spacial score (nSPS) is 16.4. The van der Waals surface area contributed by atoms with Gasteiger partial charge >= 0.3 is 0 Å². The van der Waals surface area contributed by atoms with Crippen LogP contribution >= 0.6 is 24.8 Å². The molecule has 1 aromatic rings. The summed E-state index contributed by atoms with van der Waals surface area (Å²) < 4.78 is 0. The summed E-state index contributed by atoms with van der Waals surface area (Å²) in [5, 5.41) is 12.5. The Labute approximate surface area is 134 Å². The molecule has 0 saturated carbocycles. The minimum atomic E-state index is 0. The van der Waals surface area contributed by atoms with E-state index in [1.54, 1.807) is 0 Å². The van der Waals surface area contributed by atoms with Gasteiger partial charge in [0.25, 0.3) is 0 Å². The van der Waals surface area contributed by atoms with Crippen molar-refractivity contribution < 1.29 is 0 Å². The highest BCUT2D eigenvalue weighted by Crippen LogP contribution is 2.29. The van der Waals surface area contributed by atoms with Gasteiger partial charge in [-0.1, -0.05) is 18.2 Å². The molecule has 1 atom stereocenters. The van der Waals surface area contributed by atoms with Crippen molar-refractivity contribution in [2.45, 2.75) is 26.3 Å². The number of aryl methyl sites for hydroxylation is 2. The quantitative estimate of drug-likeness (QED) is 0.932. The summed E-state index contributed by atoms with van der Waals surface area (Å²) in [6.07, 6.45) is 0.575. The van der Waals surface area contributed by atoms with Crippen LogP contribution in [0.2, 0.25) is 0 Å². The number of hydrogen-bond donors (Lipinski definition) is 1. The van der Waals surface area contributed by atoms with E-state index in [1.165, 1.54) is 16.7 Å². The van der Waals surface area contributed by atoms with Crippen LogP contribution in [0.4, 0.5) is 0 Å². The molecule has 0 unspecified atom stereocenters. The summed E-state index contributed by atoms with van der Waals surface area (Å²) in [4.78, 5) is 2.44. The Morgan fingerprint density at radius 1 is 1.20 bits per heavy atom. The molecular weight excluding hydrogens is 293 g/mol. The number of rotatable bonds is 3. The van der Waals surface area contributed by atoms with Gasteiger partial charge in [-0.25, -0.2) is 0 Å². The van der Waals surface area contributed by atoms with Gasteiger partial charge in [-0.3, -0.25) is 4.90 Å². The molecule has 0 bridgehead atoms. The van der Waals surface area contributed by atoms with Crippen LogP contribution in [0.1, 0.15) is 29.2 Å². The Balaban J connectivity index is 0.00000180. The van der Waals surface area contributed by atoms with Gasteiger partial charge in [0.1, 0.15) is 0 Å². The topological polar surface area (TPSA) is 39.1 Å². The van der Waals surface area contributed by atoms with E-state index in [0.29, 0.717) is 6.42 Å². The van der Waals surface area contributed by atoms with Crippen LogP contribution in [0.25, 0.3) is 0 Å². The fraction of sp³-hybridized carbons (Fsp3) is 0.533. The van der Waals surface area contributed by atoms with Crippen LogP contribution < -0.4 is 5.32 Å². The third kappa shape index (κ3) is 4.36. The molecule has 0 spiro atoms. The van der Waals surface area contributed by atoms with Crippen molar-refractivity contribution in [3.63, 3.8) is 0 Å². The molecule has 3 nitrogen and oxygen atoms in total. The number of nitriles is 1. The minimum Gasteiger partial charge on any atom is -0.314 e. The van der Waals surface area contributed by atoms with E-state index in [9.17, 15) is 0 Å². The third-order valence-corrected chi connectivity index (χ3v) is 3.75. The SMILES string of the molecule is Cc1cccc(C)c1[C@@H](CC#N)N1CCNCC1.Cl.Cl. The molecule has 0 aromatic heterocycles. The lowest BCUT2D eigenvalue weighted by molar-refractivity contribution is 0.174. The Bertz CT molecular complexity index is 431. The molecule has 0 radical (unpaired) electrons. The van der Waals surface area contributed by atoms with Gasteiger partial charge in [-0.05, 0) is 30.5 Å². The predicted octanol–water partition coefficient (Wildman–Crippen LogP) is 3.01. The molecule has 20 heavy (non-hydrogen) atoms. The van der Waals surface area contributed by atoms with E-state index < -0.39 is 0 Å². The molecule has 1 aliphatic rings. The first kappa shape index (κ1) is 19.2. The number of halogens is 2. The summed E-state index contributed by atoms with van der Waals surface area (Å²) in [5.74, 6) is 0. The van der Waals surface area contributed by atoms with Crippen molar-refractivity contribution in [2.24, 2.45) is 0 Å². The molecule has 1 heterocycles. The molecule has 2 rings (SSSR count). The predicted molar refractivity (Wildman–Crippen MR) is 87.8 cm³/mol. The molecule has 1 saturated heterocycles. The highest BCUT2D eigenvalue weighted by Gasteiger charge is 2.24. The minimum absolute atomic E-state index is 0. The summed E-state index contributed by atoms with van der Waals surface area (Å²) in [5.41, 5.74) is 3.95. The van der Waals surface area contributed by atoms with Crippen molar-refractivity contribution in [3.8, 4) is 6.07 Å².